The molecule has 0 aromatic rings. The molecule has 1 heterocycles. The van der Waals surface area contributed by atoms with Crippen molar-refractivity contribution in [3.8, 4) is 0 Å². The van der Waals surface area contributed by atoms with Gasteiger partial charge in [-0.25, -0.2) is 0 Å². The molecule has 0 aromatic heterocycles. The fourth-order valence-corrected chi connectivity index (χ4v) is 1.55. The lowest BCUT2D eigenvalue weighted by atomic mass is 9.98. The highest BCUT2D eigenvalue weighted by atomic mass is 16.5. The normalized spacial score (nSPS) is 22.9. The highest BCUT2D eigenvalue weighted by Crippen LogP contribution is 2.15. The van der Waals surface area contributed by atoms with Gasteiger partial charge in [-0.15, -0.1) is 0 Å². The SMILES string of the molecule is CC(C)(NC(=O)C1CCCOC1)C(N)=NO. The van der Waals surface area contributed by atoms with Crippen molar-refractivity contribution in [1.82, 2.24) is 5.32 Å². The van der Waals surface area contributed by atoms with Crippen LogP contribution in [0.1, 0.15) is 26.7 Å². The Bertz CT molecular complexity index is 283. The van der Waals surface area contributed by atoms with E-state index in [-0.39, 0.29) is 17.7 Å². The summed E-state index contributed by atoms with van der Waals surface area (Å²) in [5, 5.41) is 14.2. The second kappa shape index (κ2) is 5.16. The molecule has 1 atom stereocenters. The Hall–Kier alpha value is -1.30. The number of carbonyl (C=O) groups is 1. The first kappa shape index (κ1) is 12.8. The summed E-state index contributed by atoms with van der Waals surface area (Å²) >= 11 is 0. The summed E-state index contributed by atoms with van der Waals surface area (Å²) < 4.78 is 5.23. The highest BCUT2D eigenvalue weighted by molar-refractivity contribution is 5.93. The quantitative estimate of drug-likeness (QED) is 0.276. The number of nitrogens with zero attached hydrogens (tertiary/aromatic N) is 1. The van der Waals surface area contributed by atoms with Gasteiger partial charge >= 0.3 is 0 Å². The maximum Gasteiger partial charge on any atom is 0.226 e. The lowest BCUT2D eigenvalue weighted by Gasteiger charge is -2.28. The molecule has 6 nitrogen and oxygen atoms in total. The molecule has 1 saturated heterocycles. The van der Waals surface area contributed by atoms with Crippen LogP contribution in [0.5, 0.6) is 0 Å². The molecule has 4 N–H and O–H groups in total. The van der Waals surface area contributed by atoms with Gasteiger partial charge in [-0.3, -0.25) is 4.79 Å². The van der Waals surface area contributed by atoms with E-state index in [1.165, 1.54) is 0 Å². The molecule has 92 valence electrons. The Morgan fingerprint density at radius 2 is 2.31 bits per heavy atom. The summed E-state index contributed by atoms with van der Waals surface area (Å²) in [6.07, 6.45) is 1.71. The molecule has 0 saturated carbocycles. The van der Waals surface area contributed by atoms with E-state index in [1.54, 1.807) is 13.8 Å². The first-order valence-corrected chi connectivity index (χ1v) is 5.35. The fourth-order valence-electron chi connectivity index (χ4n) is 1.55. The zero-order chi connectivity index (χ0) is 12.2. The van der Waals surface area contributed by atoms with Gasteiger partial charge in [-0.05, 0) is 26.7 Å². The maximum atomic E-state index is 11.9. The molecule has 1 fully saturated rings. The second-order valence-electron chi connectivity index (χ2n) is 4.51. The number of nitrogens with two attached hydrogens (primary N) is 1. The molecule has 1 rings (SSSR count). The summed E-state index contributed by atoms with van der Waals surface area (Å²) in [6, 6.07) is 0. The minimum absolute atomic E-state index is 0.0161. The Labute approximate surface area is 94.8 Å². The summed E-state index contributed by atoms with van der Waals surface area (Å²) in [5.41, 5.74) is 4.64. The van der Waals surface area contributed by atoms with Crippen LogP contribution in [0, 0.1) is 5.92 Å². The molecule has 1 unspecified atom stereocenters. The van der Waals surface area contributed by atoms with Crippen LogP contribution in [0.2, 0.25) is 0 Å². The van der Waals surface area contributed by atoms with Gasteiger partial charge in [-0.1, -0.05) is 5.16 Å². The predicted octanol–water partition coefficient (Wildman–Crippen LogP) is 0.0542. The Kier molecular flexibility index (Phi) is 4.12. The molecule has 6 heteroatoms. The zero-order valence-corrected chi connectivity index (χ0v) is 9.69. The van der Waals surface area contributed by atoms with Crippen molar-refractivity contribution < 1.29 is 14.7 Å². The van der Waals surface area contributed by atoms with E-state index in [4.69, 9.17) is 15.7 Å². The molecule has 0 radical (unpaired) electrons. The molecule has 0 aliphatic carbocycles. The van der Waals surface area contributed by atoms with Crippen molar-refractivity contribution in [2.24, 2.45) is 16.8 Å². The second-order valence-corrected chi connectivity index (χ2v) is 4.51. The van der Waals surface area contributed by atoms with Crippen LogP contribution in [0.25, 0.3) is 0 Å². The van der Waals surface area contributed by atoms with Crippen molar-refractivity contribution in [2.45, 2.75) is 32.2 Å². The van der Waals surface area contributed by atoms with E-state index < -0.39 is 5.54 Å². The van der Waals surface area contributed by atoms with Crippen LogP contribution in [0.15, 0.2) is 5.16 Å². The summed E-state index contributed by atoms with van der Waals surface area (Å²) in [7, 11) is 0. The number of oxime groups is 1. The van der Waals surface area contributed by atoms with E-state index >= 15 is 0 Å². The van der Waals surface area contributed by atoms with E-state index in [2.05, 4.69) is 10.5 Å². The van der Waals surface area contributed by atoms with Crippen LogP contribution < -0.4 is 11.1 Å². The number of rotatable bonds is 3. The number of nitrogens with one attached hydrogen (secondary N) is 1. The standard InChI is InChI=1S/C10H19N3O3/c1-10(2,9(11)13-15)12-8(14)7-4-3-5-16-6-7/h7,15H,3-6H2,1-2H3,(H2,11,13)(H,12,14). The monoisotopic (exact) mass is 229 g/mol. The molecule has 16 heavy (non-hydrogen) atoms. The Morgan fingerprint density at radius 3 is 2.81 bits per heavy atom. The molecular formula is C10H19N3O3. The van der Waals surface area contributed by atoms with Gasteiger partial charge in [0, 0.05) is 6.61 Å². The van der Waals surface area contributed by atoms with Crippen LogP contribution >= 0.6 is 0 Å². The van der Waals surface area contributed by atoms with Crippen LogP contribution in [-0.4, -0.2) is 35.7 Å². The number of carbonyl (C=O) groups excluding carboxylic acids is 1. The van der Waals surface area contributed by atoms with Gasteiger partial charge in [0.1, 0.15) is 0 Å². The van der Waals surface area contributed by atoms with Gasteiger partial charge in [0.15, 0.2) is 5.84 Å². The van der Waals surface area contributed by atoms with E-state index in [9.17, 15) is 4.79 Å². The minimum Gasteiger partial charge on any atom is -0.409 e. The molecular weight excluding hydrogens is 210 g/mol. The van der Waals surface area contributed by atoms with Gasteiger partial charge in [-0.2, -0.15) is 0 Å². The molecule has 0 bridgehead atoms. The molecule has 0 spiro atoms. The van der Waals surface area contributed by atoms with Crippen LogP contribution in [-0.2, 0) is 9.53 Å². The van der Waals surface area contributed by atoms with E-state index in [1.807, 2.05) is 0 Å². The van der Waals surface area contributed by atoms with Crippen LogP contribution in [0.3, 0.4) is 0 Å². The Morgan fingerprint density at radius 1 is 1.62 bits per heavy atom. The van der Waals surface area contributed by atoms with Gasteiger partial charge < -0.3 is 21.0 Å². The molecule has 1 aliphatic heterocycles. The fraction of sp³-hybridized carbons (Fsp3) is 0.800. The first-order valence-electron chi connectivity index (χ1n) is 5.35. The summed E-state index contributed by atoms with van der Waals surface area (Å²) in [6.45, 7) is 4.53. The summed E-state index contributed by atoms with van der Waals surface area (Å²) in [5.74, 6) is -0.270. The molecule has 1 amide bonds. The molecule has 1 aliphatic rings. The maximum absolute atomic E-state index is 11.9. The first-order chi connectivity index (χ1) is 7.47. The number of amidine groups is 1. The summed E-state index contributed by atoms with van der Waals surface area (Å²) in [4.78, 5) is 11.9. The highest BCUT2D eigenvalue weighted by Gasteiger charge is 2.30. The van der Waals surface area contributed by atoms with Gasteiger partial charge in [0.05, 0.1) is 18.1 Å². The average Bonchev–Trinajstić information content (AvgIpc) is 2.28. The number of hydrogen-bond donors (Lipinski definition) is 3. The van der Waals surface area contributed by atoms with Crippen molar-refractivity contribution in [2.75, 3.05) is 13.2 Å². The third-order valence-electron chi connectivity index (χ3n) is 2.71. The topological polar surface area (TPSA) is 96.9 Å². The smallest absolute Gasteiger partial charge is 0.226 e. The Balaban J connectivity index is 2.55. The van der Waals surface area contributed by atoms with Crippen molar-refractivity contribution in [1.29, 1.82) is 0 Å². The minimum atomic E-state index is -0.844. The number of ether oxygens (including phenoxy) is 1. The third-order valence-corrected chi connectivity index (χ3v) is 2.71. The van der Waals surface area contributed by atoms with Gasteiger partial charge in [0.2, 0.25) is 5.91 Å². The predicted molar refractivity (Wildman–Crippen MR) is 59.2 cm³/mol. The largest absolute Gasteiger partial charge is 0.409 e. The average molecular weight is 229 g/mol. The van der Waals surface area contributed by atoms with Crippen LogP contribution in [0.4, 0.5) is 0 Å². The zero-order valence-electron chi connectivity index (χ0n) is 9.69. The number of hydrogen-bond acceptors (Lipinski definition) is 4. The lowest BCUT2D eigenvalue weighted by Crippen LogP contribution is -2.55. The van der Waals surface area contributed by atoms with Crippen molar-refractivity contribution in [3.63, 3.8) is 0 Å². The van der Waals surface area contributed by atoms with E-state index in [0.29, 0.717) is 13.2 Å². The van der Waals surface area contributed by atoms with Crippen molar-refractivity contribution >= 4 is 11.7 Å². The van der Waals surface area contributed by atoms with Gasteiger partial charge in [0.25, 0.3) is 0 Å². The van der Waals surface area contributed by atoms with Crippen molar-refractivity contribution in [3.05, 3.63) is 0 Å². The van der Waals surface area contributed by atoms with E-state index in [0.717, 1.165) is 12.8 Å². The third kappa shape index (κ3) is 3.10. The number of amides is 1. The lowest BCUT2D eigenvalue weighted by molar-refractivity contribution is -0.130. The molecule has 0 aromatic carbocycles.